The molecule has 2 unspecified atom stereocenters. The number of ether oxygens (including phenoxy) is 1. The van der Waals surface area contributed by atoms with Gasteiger partial charge >= 0.3 is 0 Å². The molecule has 2 atom stereocenters. The number of aliphatic hydroxyl groups is 1. The molecule has 2 N–H and O–H groups in total. The quantitative estimate of drug-likeness (QED) is 0.908. The van der Waals surface area contributed by atoms with E-state index in [2.05, 4.69) is 5.32 Å². The summed E-state index contributed by atoms with van der Waals surface area (Å²) in [4.78, 5) is 12.2. The summed E-state index contributed by atoms with van der Waals surface area (Å²) in [5.74, 6) is 0.379. The van der Waals surface area contributed by atoms with Gasteiger partial charge in [-0.1, -0.05) is 48.0 Å². The zero-order chi connectivity index (χ0) is 14.8. The van der Waals surface area contributed by atoms with E-state index in [0.717, 1.165) is 16.9 Å². The lowest BCUT2D eigenvalue weighted by molar-refractivity contribution is -0.130. The van der Waals surface area contributed by atoms with Crippen molar-refractivity contribution in [1.29, 1.82) is 0 Å². The van der Waals surface area contributed by atoms with Gasteiger partial charge < -0.3 is 15.2 Å². The summed E-state index contributed by atoms with van der Waals surface area (Å²) in [5.41, 5.74) is 2.66. The molecule has 0 aliphatic carbocycles. The van der Waals surface area contributed by atoms with E-state index < -0.39 is 12.0 Å². The normalized spacial score (nSPS) is 17.7. The van der Waals surface area contributed by atoms with Gasteiger partial charge in [-0.15, -0.1) is 0 Å². The summed E-state index contributed by atoms with van der Waals surface area (Å²) < 4.78 is 5.56. The topological polar surface area (TPSA) is 58.6 Å². The minimum atomic E-state index is -1.17. The van der Waals surface area contributed by atoms with Gasteiger partial charge in [-0.05, 0) is 18.6 Å². The van der Waals surface area contributed by atoms with Gasteiger partial charge in [0.2, 0.25) is 0 Å². The molecule has 4 heteroatoms. The maximum Gasteiger partial charge on any atom is 0.254 e. The number of nitrogens with one attached hydrogen (secondary N) is 1. The standard InChI is InChI=1S/C17H17NO3/c1-11-7-8-15-13(9-11)14(10-21-15)18-17(20)16(19)12-5-3-2-4-6-12/h2-9,14,16,19H,10H2,1H3,(H,18,20). The summed E-state index contributed by atoms with van der Waals surface area (Å²) in [5, 5.41) is 12.9. The predicted molar refractivity (Wildman–Crippen MR) is 79.0 cm³/mol. The van der Waals surface area contributed by atoms with Crippen LogP contribution in [-0.4, -0.2) is 17.6 Å². The van der Waals surface area contributed by atoms with Crippen LogP contribution in [0, 0.1) is 6.92 Å². The zero-order valence-corrected chi connectivity index (χ0v) is 11.7. The van der Waals surface area contributed by atoms with Gasteiger partial charge in [0.25, 0.3) is 5.91 Å². The number of fused-ring (bicyclic) bond motifs is 1. The van der Waals surface area contributed by atoms with E-state index in [1.165, 1.54) is 0 Å². The van der Waals surface area contributed by atoms with E-state index in [4.69, 9.17) is 4.74 Å². The maximum absolute atomic E-state index is 12.2. The molecule has 2 aromatic rings. The SMILES string of the molecule is Cc1ccc2c(c1)C(NC(=O)C(O)c1ccccc1)CO2. The molecule has 108 valence electrons. The lowest BCUT2D eigenvalue weighted by Gasteiger charge is -2.16. The molecular weight excluding hydrogens is 266 g/mol. The Morgan fingerprint density at radius 2 is 2.05 bits per heavy atom. The predicted octanol–water partition coefficient (Wildman–Crippen LogP) is 2.28. The smallest absolute Gasteiger partial charge is 0.254 e. The summed E-state index contributed by atoms with van der Waals surface area (Å²) in [6.07, 6.45) is -1.17. The number of hydrogen-bond donors (Lipinski definition) is 2. The monoisotopic (exact) mass is 283 g/mol. The van der Waals surface area contributed by atoms with Crippen molar-refractivity contribution < 1.29 is 14.6 Å². The van der Waals surface area contributed by atoms with Crippen LogP contribution in [0.3, 0.4) is 0 Å². The summed E-state index contributed by atoms with van der Waals surface area (Å²) >= 11 is 0. The molecule has 21 heavy (non-hydrogen) atoms. The molecule has 1 aliphatic rings. The molecule has 1 amide bonds. The first kappa shape index (κ1) is 13.6. The third-order valence-corrected chi connectivity index (χ3v) is 3.63. The minimum absolute atomic E-state index is 0.217. The summed E-state index contributed by atoms with van der Waals surface area (Å²) in [6, 6.07) is 14.6. The fourth-order valence-corrected chi connectivity index (χ4v) is 2.49. The average molecular weight is 283 g/mol. The van der Waals surface area contributed by atoms with Gasteiger partial charge in [-0.3, -0.25) is 4.79 Å². The van der Waals surface area contributed by atoms with Crippen LogP contribution in [0.4, 0.5) is 0 Å². The second-order valence-corrected chi connectivity index (χ2v) is 5.23. The molecule has 0 saturated heterocycles. The number of benzene rings is 2. The van der Waals surface area contributed by atoms with Gasteiger partial charge in [0, 0.05) is 5.56 Å². The van der Waals surface area contributed by atoms with Gasteiger partial charge in [0.15, 0.2) is 6.10 Å². The third-order valence-electron chi connectivity index (χ3n) is 3.63. The van der Waals surface area contributed by atoms with Crippen LogP contribution in [0.25, 0.3) is 0 Å². The van der Waals surface area contributed by atoms with E-state index in [9.17, 15) is 9.90 Å². The Bertz CT molecular complexity index is 654. The highest BCUT2D eigenvalue weighted by Gasteiger charge is 2.28. The molecule has 1 heterocycles. The Kier molecular flexibility index (Phi) is 3.62. The van der Waals surface area contributed by atoms with Crippen LogP contribution in [0.1, 0.15) is 28.8 Å². The molecule has 2 aromatic carbocycles. The van der Waals surface area contributed by atoms with E-state index in [1.54, 1.807) is 24.3 Å². The number of aryl methyl sites for hydroxylation is 1. The van der Waals surface area contributed by atoms with Crippen LogP contribution in [0.15, 0.2) is 48.5 Å². The van der Waals surface area contributed by atoms with Crippen LogP contribution in [-0.2, 0) is 4.79 Å². The maximum atomic E-state index is 12.2. The number of carbonyl (C=O) groups excluding carboxylic acids is 1. The summed E-state index contributed by atoms with van der Waals surface area (Å²) in [6.45, 7) is 2.39. The summed E-state index contributed by atoms with van der Waals surface area (Å²) in [7, 11) is 0. The highest BCUT2D eigenvalue weighted by molar-refractivity contribution is 5.82. The van der Waals surface area contributed by atoms with E-state index in [1.807, 2.05) is 31.2 Å². The molecule has 0 fully saturated rings. The second-order valence-electron chi connectivity index (χ2n) is 5.23. The first-order chi connectivity index (χ1) is 10.1. The average Bonchev–Trinajstić information content (AvgIpc) is 2.89. The van der Waals surface area contributed by atoms with Crippen LogP contribution >= 0.6 is 0 Å². The fraction of sp³-hybridized carbons (Fsp3) is 0.235. The molecule has 0 spiro atoms. The Labute approximate surface area is 123 Å². The molecule has 0 saturated carbocycles. The lowest BCUT2D eigenvalue weighted by Crippen LogP contribution is -2.33. The lowest BCUT2D eigenvalue weighted by atomic mass is 10.0. The molecule has 0 aromatic heterocycles. The third kappa shape index (κ3) is 2.76. The van der Waals surface area contributed by atoms with E-state index >= 15 is 0 Å². The van der Waals surface area contributed by atoms with Crippen LogP contribution < -0.4 is 10.1 Å². The molecular formula is C17H17NO3. The second kappa shape index (κ2) is 5.58. The van der Waals surface area contributed by atoms with Gasteiger partial charge in [-0.25, -0.2) is 0 Å². The van der Waals surface area contributed by atoms with Crippen molar-refractivity contribution in [3.05, 3.63) is 65.2 Å². The Morgan fingerprint density at radius 1 is 1.29 bits per heavy atom. The van der Waals surface area contributed by atoms with Crippen molar-refractivity contribution in [2.24, 2.45) is 0 Å². The van der Waals surface area contributed by atoms with E-state index in [-0.39, 0.29) is 6.04 Å². The largest absolute Gasteiger partial charge is 0.491 e. The zero-order valence-electron chi connectivity index (χ0n) is 11.7. The van der Waals surface area contributed by atoms with Gasteiger partial charge in [0.05, 0.1) is 6.04 Å². The highest BCUT2D eigenvalue weighted by atomic mass is 16.5. The molecule has 3 rings (SSSR count). The molecule has 0 radical (unpaired) electrons. The fourth-order valence-electron chi connectivity index (χ4n) is 2.49. The van der Waals surface area contributed by atoms with Crippen molar-refractivity contribution in [2.75, 3.05) is 6.61 Å². The van der Waals surface area contributed by atoms with E-state index in [0.29, 0.717) is 12.2 Å². The van der Waals surface area contributed by atoms with Crippen molar-refractivity contribution in [1.82, 2.24) is 5.32 Å². The first-order valence-corrected chi connectivity index (χ1v) is 6.92. The Morgan fingerprint density at radius 3 is 2.81 bits per heavy atom. The molecule has 4 nitrogen and oxygen atoms in total. The van der Waals surface area contributed by atoms with Crippen molar-refractivity contribution in [3.63, 3.8) is 0 Å². The van der Waals surface area contributed by atoms with Gasteiger partial charge in [0.1, 0.15) is 12.4 Å². The Hall–Kier alpha value is -2.33. The van der Waals surface area contributed by atoms with Crippen molar-refractivity contribution in [2.45, 2.75) is 19.1 Å². The number of rotatable bonds is 3. The first-order valence-electron chi connectivity index (χ1n) is 6.92. The van der Waals surface area contributed by atoms with Gasteiger partial charge in [-0.2, -0.15) is 0 Å². The number of aliphatic hydroxyl groups excluding tert-OH is 1. The number of carbonyl (C=O) groups is 1. The van der Waals surface area contributed by atoms with Crippen molar-refractivity contribution >= 4 is 5.91 Å². The highest BCUT2D eigenvalue weighted by Crippen LogP contribution is 2.33. The van der Waals surface area contributed by atoms with Crippen LogP contribution in [0.2, 0.25) is 0 Å². The minimum Gasteiger partial charge on any atom is -0.491 e. The number of amides is 1. The van der Waals surface area contributed by atoms with Crippen molar-refractivity contribution in [3.8, 4) is 5.75 Å². The van der Waals surface area contributed by atoms with Crippen LogP contribution in [0.5, 0.6) is 5.75 Å². The number of hydrogen-bond acceptors (Lipinski definition) is 3. The molecule has 1 aliphatic heterocycles. The Balaban J connectivity index is 1.74. The molecule has 0 bridgehead atoms.